The number of hydrogen-bond acceptors (Lipinski definition) is 6. The van der Waals surface area contributed by atoms with Gasteiger partial charge in [-0.1, -0.05) is 13.2 Å². The van der Waals surface area contributed by atoms with Gasteiger partial charge in [0.25, 0.3) is 0 Å². The van der Waals surface area contributed by atoms with E-state index in [1.807, 2.05) is 0 Å². The Morgan fingerprint density at radius 1 is 1.10 bits per heavy atom. The van der Waals surface area contributed by atoms with Gasteiger partial charge in [-0.2, -0.15) is 3.89 Å². The summed E-state index contributed by atoms with van der Waals surface area (Å²) in [5.74, 6) is 0.736. The Bertz CT molecular complexity index is 635. The first kappa shape index (κ1) is 23.3. The number of amides is 3. The van der Waals surface area contributed by atoms with Gasteiger partial charge in [0.15, 0.2) is 0 Å². The Labute approximate surface area is 177 Å². The Morgan fingerprint density at radius 3 is 2.38 bits per heavy atom. The van der Waals surface area contributed by atoms with Crippen LogP contribution in [0.3, 0.4) is 0 Å². The van der Waals surface area contributed by atoms with E-state index in [2.05, 4.69) is 23.0 Å². The molecule has 2 saturated heterocycles. The second-order valence-corrected chi connectivity index (χ2v) is 7.59. The van der Waals surface area contributed by atoms with Crippen molar-refractivity contribution in [3.63, 3.8) is 0 Å². The number of piperazine rings is 1. The third-order valence-corrected chi connectivity index (χ3v) is 5.57. The molecular weight excluding hydrogens is 395 g/mol. The molecule has 3 amide bonds. The molecule has 2 rings (SSSR count). The summed E-state index contributed by atoms with van der Waals surface area (Å²) in [5, 5.41) is 0. The number of nitrogens with zero attached hydrogens (tertiary/aromatic N) is 4. The lowest BCUT2D eigenvalue weighted by atomic mass is 10.2. The average molecular weight is 427 g/mol. The molecule has 0 spiro atoms. The Balaban J connectivity index is 1.70. The first-order valence-corrected chi connectivity index (χ1v) is 10.8. The van der Waals surface area contributed by atoms with Crippen molar-refractivity contribution in [2.24, 2.45) is 0 Å². The Hall–Kier alpha value is -2.00. The second kappa shape index (κ2) is 11.9. The summed E-state index contributed by atoms with van der Waals surface area (Å²) < 4.78 is 17.6. The van der Waals surface area contributed by atoms with Crippen molar-refractivity contribution in [3.8, 4) is 0 Å². The molecule has 2 aliphatic heterocycles. The monoisotopic (exact) mass is 426 g/mol. The van der Waals surface area contributed by atoms with Gasteiger partial charge in [0.2, 0.25) is 5.91 Å². The van der Waals surface area contributed by atoms with Crippen molar-refractivity contribution in [2.75, 3.05) is 65.2 Å². The van der Waals surface area contributed by atoms with Gasteiger partial charge >= 0.3 is 6.03 Å². The van der Waals surface area contributed by atoms with E-state index < -0.39 is 0 Å². The average Bonchev–Trinajstić information content (AvgIpc) is 3.01. The number of hydrogen-bond donors (Lipinski definition) is 0. The van der Waals surface area contributed by atoms with Crippen LogP contribution >= 0.6 is 12.1 Å². The van der Waals surface area contributed by atoms with Crippen molar-refractivity contribution >= 4 is 24.1 Å². The highest BCUT2D eigenvalue weighted by atomic mass is 32.2. The van der Waals surface area contributed by atoms with Crippen LogP contribution in [0.4, 0.5) is 8.68 Å². The molecule has 0 bridgehead atoms. The highest BCUT2D eigenvalue weighted by molar-refractivity contribution is 7.94. The van der Waals surface area contributed by atoms with Crippen LogP contribution in [0.15, 0.2) is 36.8 Å². The molecule has 7 nitrogen and oxygen atoms in total. The van der Waals surface area contributed by atoms with E-state index in [-0.39, 0.29) is 42.9 Å². The van der Waals surface area contributed by atoms with E-state index in [1.54, 1.807) is 19.3 Å². The smallest absolute Gasteiger partial charge is 0.327 e. The summed E-state index contributed by atoms with van der Waals surface area (Å²) in [6.07, 6.45) is 5.18. The maximum absolute atomic E-state index is 12.2. The van der Waals surface area contributed by atoms with Crippen LogP contribution in [0.25, 0.3) is 0 Å². The van der Waals surface area contributed by atoms with Crippen LogP contribution in [0.5, 0.6) is 0 Å². The first-order chi connectivity index (χ1) is 14.0. The van der Waals surface area contributed by atoms with Gasteiger partial charge in [0.1, 0.15) is 12.3 Å². The van der Waals surface area contributed by atoms with Crippen LogP contribution < -0.4 is 0 Å². The summed E-state index contributed by atoms with van der Waals surface area (Å²) in [6, 6.07) is -0.294. The fourth-order valence-corrected chi connectivity index (χ4v) is 3.92. The van der Waals surface area contributed by atoms with Gasteiger partial charge in [-0.15, -0.1) is 0 Å². The molecule has 0 unspecified atom stereocenters. The van der Waals surface area contributed by atoms with E-state index >= 15 is 0 Å². The molecule has 0 N–H and O–H groups in total. The lowest BCUT2D eigenvalue weighted by Crippen LogP contribution is -2.46. The molecule has 0 atom stereocenters. The molecule has 0 saturated carbocycles. The number of carbonyl (C=O) groups is 2. The molecular formula is C20H31FN4O3S. The maximum Gasteiger partial charge on any atom is 0.327 e. The third kappa shape index (κ3) is 6.24. The zero-order valence-corrected chi connectivity index (χ0v) is 18.0. The van der Waals surface area contributed by atoms with Crippen molar-refractivity contribution < 1.29 is 18.2 Å². The number of imide groups is 1. The highest BCUT2D eigenvalue weighted by Crippen LogP contribution is 2.17. The van der Waals surface area contributed by atoms with Crippen LogP contribution in [-0.4, -0.2) is 96.8 Å². The van der Waals surface area contributed by atoms with Gasteiger partial charge in [0.05, 0.1) is 12.8 Å². The summed E-state index contributed by atoms with van der Waals surface area (Å²) in [6.45, 7) is 13.0. The second-order valence-electron chi connectivity index (χ2n) is 6.96. The summed E-state index contributed by atoms with van der Waals surface area (Å²) in [7, 11) is 1.63. The molecule has 29 heavy (non-hydrogen) atoms. The molecule has 2 aliphatic rings. The number of rotatable bonds is 12. The lowest BCUT2D eigenvalue weighted by Gasteiger charge is -2.37. The van der Waals surface area contributed by atoms with Crippen LogP contribution in [-0.2, 0) is 9.53 Å². The van der Waals surface area contributed by atoms with E-state index in [0.29, 0.717) is 6.54 Å². The topological polar surface area (TPSA) is 56.3 Å². The third-order valence-electron chi connectivity index (χ3n) is 5.24. The molecule has 0 aromatic heterocycles. The maximum atomic E-state index is 12.2. The molecule has 2 fully saturated rings. The minimum Gasteiger partial charge on any atom is -0.495 e. The van der Waals surface area contributed by atoms with Crippen molar-refractivity contribution in [1.82, 2.24) is 19.6 Å². The minimum absolute atomic E-state index is 0.0642. The minimum atomic E-state index is -0.294. The molecule has 0 radical (unpaired) electrons. The normalized spacial score (nSPS) is 18.9. The SMILES string of the molecule is C=C/C(OC)=C(\C=C)N1CCN(CCCCN2C(=O)CN(CCSF)C2=O)CC1. The van der Waals surface area contributed by atoms with Crippen LogP contribution in [0.2, 0.25) is 0 Å². The van der Waals surface area contributed by atoms with Crippen molar-refractivity contribution in [1.29, 1.82) is 0 Å². The molecule has 9 heteroatoms. The largest absolute Gasteiger partial charge is 0.495 e. The highest BCUT2D eigenvalue weighted by Gasteiger charge is 2.35. The summed E-state index contributed by atoms with van der Waals surface area (Å²) in [4.78, 5) is 31.5. The van der Waals surface area contributed by atoms with Crippen LogP contribution in [0.1, 0.15) is 12.8 Å². The molecule has 0 aromatic carbocycles. The fourth-order valence-electron chi connectivity index (χ4n) is 3.63. The molecule has 162 valence electrons. The number of methoxy groups -OCH3 is 1. The fraction of sp³-hybridized carbons (Fsp3) is 0.600. The summed E-state index contributed by atoms with van der Waals surface area (Å²) >= 11 is 0.185. The first-order valence-electron chi connectivity index (χ1n) is 9.89. The van der Waals surface area contributed by atoms with Gasteiger partial charge in [-0.05, 0) is 31.5 Å². The van der Waals surface area contributed by atoms with Crippen molar-refractivity contribution in [2.45, 2.75) is 12.8 Å². The van der Waals surface area contributed by atoms with Gasteiger partial charge in [-0.3, -0.25) is 14.6 Å². The zero-order chi connectivity index (χ0) is 21.2. The standard InChI is InChI=1S/C20H31FN4O3S/c1-4-17(18(5-2)28-3)23-12-10-22(11-13-23)8-6-7-9-25-19(26)16-24(20(25)27)14-15-29-21/h4-5H,1-2,6-16H2,3H3/b18-17-. The summed E-state index contributed by atoms with van der Waals surface area (Å²) in [5.41, 5.74) is 0.962. The van der Waals surface area contributed by atoms with E-state index in [9.17, 15) is 13.5 Å². The number of allylic oxidation sites excluding steroid dienone is 2. The van der Waals surface area contributed by atoms with Gasteiger partial charge in [-0.25, -0.2) is 4.79 Å². The van der Waals surface area contributed by atoms with Gasteiger partial charge < -0.3 is 14.5 Å². The molecule has 0 aliphatic carbocycles. The Morgan fingerprint density at radius 2 is 1.79 bits per heavy atom. The number of urea groups is 1. The number of unbranched alkanes of at least 4 members (excludes halogenated alkanes) is 1. The van der Waals surface area contributed by atoms with Crippen molar-refractivity contribution in [3.05, 3.63) is 36.8 Å². The van der Waals surface area contributed by atoms with E-state index in [0.717, 1.165) is 57.0 Å². The predicted octanol–water partition coefficient (Wildman–Crippen LogP) is 2.50. The van der Waals surface area contributed by atoms with E-state index in [4.69, 9.17) is 4.74 Å². The lowest BCUT2D eigenvalue weighted by molar-refractivity contribution is -0.125. The van der Waals surface area contributed by atoms with Crippen LogP contribution in [0, 0.1) is 0 Å². The van der Waals surface area contributed by atoms with E-state index in [1.165, 1.54) is 9.80 Å². The quantitative estimate of drug-likeness (QED) is 0.207. The molecule has 0 aromatic rings. The Kier molecular flexibility index (Phi) is 9.53. The number of halogens is 1. The number of ether oxygens (including phenoxy) is 1. The molecule has 2 heterocycles. The van der Waals surface area contributed by atoms with Gasteiger partial charge in [0, 0.05) is 57.2 Å². The predicted molar refractivity (Wildman–Crippen MR) is 114 cm³/mol. The zero-order valence-electron chi connectivity index (χ0n) is 17.1. The number of carbonyl (C=O) groups excluding carboxylic acids is 2.